The van der Waals surface area contributed by atoms with Crippen LogP contribution in [0.4, 0.5) is 5.69 Å². The van der Waals surface area contributed by atoms with Crippen molar-refractivity contribution in [2.45, 2.75) is 18.2 Å². The number of aryl methyl sites for hydroxylation is 1. The highest BCUT2D eigenvalue weighted by Crippen LogP contribution is 2.22. The first-order chi connectivity index (χ1) is 8.90. The number of benzene rings is 1. The molecular weight excluding hydrogens is 262 g/mol. The number of anilines is 1. The zero-order valence-electron chi connectivity index (χ0n) is 11.4. The summed E-state index contributed by atoms with van der Waals surface area (Å²) in [5, 5.41) is 0. The van der Waals surface area contributed by atoms with Crippen molar-refractivity contribution in [1.29, 1.82) is 0 Å². The zero-order chi connectivity index (χ0) is 14.0. The molecule has 1 aromatic rings. The summed E-state index contributed by atoms with van der Waals surface area (Å²) in [4.78, 5) is 2.42. The summed E-state index contributed by atoms with van der Waals surface area (Å²) in [5.74, 6) is 0.380. The van der Waals surface area contributed by atoms with Gasteiger partial charge in [-0.15, -0.1) is 0 Å². The predicted molar refractivity (Wildman–Crippen MR) is 76.4 cm³/mol. The van der Waals surface area contributed by atoms with Crippen LogP contribution < -0.4 is 10.5 Å². The van der Waals surface area contributed by atoms with E-state index in [2.05, 4.69) is 9.62 Å². The first-order valence-corrected chi connectivity index (χ1v) is 7.92. The van der Waals surface area contributed by atoms with Crippen LogP contribution in [0.1, 0.15) is 12.0 Å². The van der Waals surface area contributed by atoms with Gasteiger partial charge in [0.1, 0.15) is 4.90 Å². The third kappa shape index (κ3) is 3.26. The number of rotatable bonds is 4. The molecule has 0 saturated carbocycles. The minimum absolute atomic E-state index is 0.210. The minimum Gasteiger partial charge on any atom is -0.398 e. The van der Waals surface area contributed by atoms with Gasteiger partial charge < -0.3 is 10.6 Å². The third-order valence-electron chi connectivity index (χ3n) is 3.56. The Morgan fingerprint density at radius 2 is 2.21 bits per heavy atom. The first kappa shape index (κ1) is 14.3. The highest BCUT2D eigenvalue weighted by atomic mass is 32.2. The SMILES string of the molecule is Cc1cccc(N)c1S(=O)(=O)NCC1CCN(C)C1. The van der Waals surface area contributed by atoms with Crippen molar-refractivity contribution in [2.24, 2.45) is 5.92 Å². The largest absolute Gasteiger partial charge is 0.398 e. The van der Waals surface area contributed by atoms with E-state index >= 15 is 0 Å². The van der Waals surface area contributed by atoms with Crippen LogP contribution >= 0.6 is 0 Å². The van der Waals surface area contributed by atoms with E-state index in [1.54, 1.807) is 25.1 Å². The van der Waals surface area contributed by atoms with Crippen molar-refractivity contribution in [1.82, 2.24) is 9.62 Å². The first-order valence-electron chi connectivity index (χ1n) is 6.43. The summed E-state index contributed by atoms with van der Waals surface area (Å²) in [6.45, 7) is 4.19. The van der Waals surface area contributed by atoms with Gasteiger partial charge in [0.25, 0.3) is 0 Å². The van der Waals surface area contributed by atoms with Crippen molar-refractivity contribution in [3.8, 4) is 0 Å². The molecule has 3 N–H and O–H groups in total. The average Bonchev–Trinajstić information content (AvgIpc) is 2.72. The van der Waals surface area contributed by atoms with E-state index < -0.39 is 10.0 Å². The molecule has 19 heavy (non-hydrogen) atoms. The van der Waals surface area contributed by atoms with E-state index in [4.69, 9.17) is 5.73 Å². The van der Waals surface area contributed by atoms with Gasteiger partial charge in [0.15, 0.2) is 0 Å². The van der Waals surface area contributed by atoms with Gasteiger partial charge in [-0.1, -0.05) is 12.1 Å². The number of likely N-dealkylation sites (tertiary alicyclic amines) is 1. The number of sulfonamides is 1. The van der Waals surface area contributed by atoms with Crippen LogP contribution in [-0.4, -0.2) is 40.0 Å². The zero-order valence-corrected chi connectivity index (χ0v) is 12.2. The molecule has 106 valence electrons. The van der Waals surface area contributed by atoms with Crippen LogP contribution in [0.15, 0.2) is 23.1 Å². The number of nitrogen functional groups attached to an aromatic ring is 1. The van der Waals surface area contributed by atoms with Crippen molar-refractivity contribution < 1.29 is 8.42 Å². The maximum absolute atomic E-state index is 12.3. The second kappa shape index (κ2) is 5.48. The fraction of sp³-hybridized carbons (Fsp3) is 0.538. The molecule has 0 spiro atoms. The van der Waals surface area contributed by atoms with Gasteiger partial charge in [-0.05, 0) is 44.5 Å². The van der Waals surface area contributed by atoms with E-state index in [1.165, 1.54) is 0 Å². The van der Waals surface area contributed by atoms with E-state index in [-0.39, 0.29) is 4.90 Å². The number of nitrogens with one attached hydrogen (secondary N) is 1. The highest BCUT2D eigenvalue weighted by molar-refractivity contribution is 7.89. The van der Waals surface area contributed by atoms with E-state index in [0.29, 0.717) is 23.7 Å². The Morgan fingerprint density at radius 3 is 2.79 bits per heavy atom. The van der Waals surface area contributed by atoms with Gasteiger partial charge in [0, 0.05) is 13.1 Å². The standard InChI is InChI=1S/C13H21N3O2S/c1-10-4-3-5-12(14)13(10)19(17,18)15-8-11-6-7-16(2)9-11/h3-5,11,15H,6-9,14H2,1-2H3. The molecule has 2 rings (SSSR count). The molecule has 0 bridgehead atoms. The smallest absolute Gasteiger partial charge is 0.242 e. The lowest BCUT2D eigenvalue weighted by Crippen LogP contribution is -2.31. The normalized spacial score (nSPS) is 20.8. The van der Waals surface area contributed by atoms with Crippen LogP contribution in [0, 0.1) is 12.8 Å². The van der Waals surface area contributed by atoms with E-state index in [1.807, 2.05) is 7.05 Å². The predicted octanol–water partition coefficient (Wildman–Crippen LogP) is 0.807. The molecule has 1 atom stereocenters. The third-order valence-corrected chi connectivity index (χ3v) is 5.20. The van der Waals surface area contributed by atoms with Gasteiger partial charge in [0.05, 0.1) is 5.69 Å². The fourth-order valence-electron chi connectivity index (χ4n) is 2.53. The summed E-state index contributed by atoms with van der Waals surface area (Å²) in [6.07, 6.45) is 1.03. The maximum Gasteiger partial charge on any atom is 0.242 e. The molecule has 1 fully saturated rings. The Morgan fingerprint density at radius 1 is 1.47 bits per heavy atom. The van der Waals surface area contributed by atoms with Gasteiger partial charge >= 0.3 is 0 Å². The van der Waals surface area contributed by atoms with Crippen LogP contribution in [-0.2, 0) is 10.0 Å². The maximum atomic E-state index is 12.3. The van der Waals surface area contributed by atoms with Gasteiger partial charge in [-0.3, -0.25) is 0 Å². The molecule has 1 saturated heterocycles. The summed E-state index contributed by atoms with van der Waals surface area (Å²) >= 11 is 0. The topological polar surface area (TPSA) is 75.4 Å². The Labute approximate surface area is 114 Å². The molecule has 0 aromatic heterocycles. The molecule has 0 amide bonds. The van der Waals surface area contributed by atoms with Gasteiger partial charge in [-0.25, -0.2) is 13.1 Å². The van der Waals surface area contributed by atoms with Crippen LogP contribution in [0.5, 0.6) is 0 Å². The van der Waals surface area contributed by atoms with E-state index in [0.717, 1.165) is 19.5 Å². The van der Waals surface area contributed by atoms with Crippen molar-refractivity contribution in [2.75, 3.05) is 32.4 Å². The van der Waals surface area contributed by atoms with Crippen molar-refractivity contribution in [3.63, 3.8) is 0 Å². The summed E-state index contributed by atoms with van der Waals surface area (Å²) in [5.41, 5.74) is 6.76. The Hall–Kier alpha value is -1.11. The lowest BCUT2D eigenvalue weighted by molar-refractivity contribution is 0.394. The summed E-state index contributed by atoms with van der Waals surface area (Å²) < 4.78 is 27.3. The molecule has 1 heterocycles. The summed E-state index contributed by atoms with van der Waals surface area (Å²) in [6, 6.07) is 5.13. The lowest BCUT2D eigenvalue weighted by Gasteiger charge is -2.14. The highest BCUT2D eigenvalue weighted by Gasteiger charge is 2.24. The van der Waals surface area contributed by atoms with Crippen LogP contribution in [0.3, 0.4) is 0 Å². The molecule has 1 aliphatic rings. The molecule has 0 aliphatic carbocycles. The average molecular weight is 283 g/mol. The summed E-state index contributed by atoms with van der Waals surface area (Å²) in [7, 11) is -1.47. The molecule has 5 nitrogen and oxygen atoms in total. The van der Waals surface area contributed by atoms with Crippen LogP contribution in [0.25, 0.3) is 0 Å². The molecule has 1 aliphatic heterocycles. The molecule has 1 aromatic carbocycles. The molecule has 1 unspecified atom stereocenters. The second-order valence-corrected chi connectivity index (χ2v) is 6.97. The van der Waals surface area contributed by atoms with Crippen molar-refractivity contribution >= 4 is 15.7 Å². The molecule has 6 heteroatoms. The minimum atomic E-state index is -3.52. The number of nitrogens with two attached hydrogens (primary N) is 1. The number of hydrogen-bond acceptors (Lipinski definition) is 4. The Balaban J connectivity index is 2.10. The fourth-order valence-corrected chi connectivity index (χ4v) is 4.00. The van der Waals surface area contributed by atoms with Crippen molar-refractivity contribution in [3.05, 3.63) is 23.8 Å². The lowest BCUT2D eigenvalue weighted by atomic mass is 10.1. The monoisotopic (exact) mass is 283 g/mol. The Kier molecular flexibility index (Phi) is 4.13. The van der Waals surface area contributed by atoms with Crippen LogP contribution in [0.2, 0.25) is 0 Å². The van der Waals surface area contributed by atoms with E-state index in [9.17, 15) is 8.42 Å². The van der Waals surface area contributed by atoms with Gasteiger partial charge in [0.2, 0.25) is 10.0 Å². The number of hydrogen-bond donors (Lipinski definition) is 2. The van der Waals surface area contributed by atoms with Gasteiger partial charge in [-0.2, -0.15) is 0 Å². The quantitative estimate of drug-likeness (QED) is 0.802. The second-order valence-electron chi connectivity index (χ2n) is 5.26. The molecular formula is C13H21N3O2S. The number of nitrogens with zero attached hydrogens (tertiary/aromatic N) is 1. The molecule has 0 radical (unpaired) electrons. The Bertz CT molecular complexity index is 537.